The van der Waals surface area contributed by atoms with Crippen LogP contribution < -0.4 is 16.7 Å². The number of nitrogens with one attached hydrogen (secondary N) is 1. The molecule has 8 nitrogen and oxygen atoms in total. The van der Waals surface area contributed by atoms with Gasteiger partial charge in [-0.05, 0) is 15.9 Å². The predicted octanol–water partition coefficient (Wildman–Crippen LogP) is -0.491. The van der Waals surface area contributed by atoms with E-state index in [2.05, 4.69) is 15.9 Å². The summed E-state index contributed by atoms with van der Waals surface area (Å²) >= 11 is 2.88. The molecular weight excluding hydrogens is 284 g/mol. The van der Waals surface area contributed by atoms with Crippen molar-refractivity contribution in [2.45, 2.75) is 6.54 Å². The third-order valence-electron chi connectivity index (χ3n) is 1.70. The average Bonchev–Trinajstić information content (AvgIpc) is 2.22. The van der Waals surface area contributed by atoms with Crippen molar-refractivity contribution in [3.05, 3.63) is 37.2 Å². The van der Waals surface area contributed by atoms with Gasteiger partial charge in [-0.15, -0.1) is 0 Å². The lowest BCUT2D eigenvalue weighted by atomic mass is 10.4. The van der Waals surface area contributed by atoms with E-state index in [9.17, 15) is 19.7 Å². The molecule has 1 aromatic heterocycles. The van der Waals surface area contributed by atoms with Gasteiger partial charge in [-0.3, -0.25) is 25.1 Å². The van der Waals surface area contributed by atoms with Crippen LogP contribution >= 0.6 is 15.9 Å². The lowest BCUT2D eigenvalue weighted by molar-refractivity contribution is -0.386. The van der Waals surface area contributed by atoms with Gasteiger partial charge in [-0.2, -0.15) is 0 Å². The summed E-state index contributed by atoms with van der Waals surface area (Å²) in [5, 5.41) is 10.5. The Balaban J connectivity index is 3.19. The molecular formula is C7H7BrN4O4. The molecule has 0 saturated carbocycles. The molecule has 0 unspecified atom stereocenters. The highest BCUT2D eigenvalue weighted by molar-refractivity contribution is 9.10. The van der Waals surface area contributed by atoms with Crippen LogP contribution in [-0.2, 0) is 11.3 Å². The topological polar surface area (TPSA) is 120 Å². The van der Waals surface area contributed by atoms with E-state index in [4.69, 9.17) is 5.84 Å². The number of halogens is 1. The molecule has 3 N–H and O–H groups in total. The van der Waals surface area contributed by atoms with Gasteiger partial charge >= 0.3 is 5.69 Å². The second kappa shape index (κ2) is 4.86. The van der Waals surface area contributed by atoms with Crippen LogP contribution in [0.5, 0.6) is 0 Å². The zero-order chi connectivity index (χ0) is 12.3. The first-order valence-electron chi connectivity index (χ1n) is 3.99. The second-order valence-corrected chi connectivity index (χ2v) is 3.67. The van der Waals surface area contributed by atoms with E-state index < -0.39 is 21.9 Å². The minimum Gasteiger partial charge on any atom is -0.337 e. The van der Waals surface area contributed by atoms with E-state index >= 15 is 0 Å². The number of aromatic nitrogens is 1. The van der Waals surface area contributed by atoms with Crippen LogP contribution in [0.15, 0.2) is 21.7 Å². The molecule has 0 saturated heterocycles. The van der Waals surface area contributed by atoms with Crippen molar-refractivity contribution in [3.63, 3.8) is 0 Å². The van der Waals surface area contributed by atoms with Gasteiger partial charge in [0.15, 0.2) is 0 Å². The minimum atomic E-state index is -0.816. The van der Waals surface area contributed by atoms with E-state index in [-0.39, 0.29) is 11.0 Å². The van der Waals surface area contributed by atoms with Crippen LogP contribution in [0.2, 0.25) is 0 Å². The fourth-order valence-electron chi connectivity index (χ4n) is 1.01. The molecule has 1 amide bonds. The lowest BCUT2D eigenvalue weighted by Crippen LogP contribution is -2.33. The molecule has 0 aliphatic carbocycles. The normalized spacial score (nSPS) is 9.88. The van der Waals surface area contributed by atoms with Gasteiger partial charge in [0.25, 0.3) is 11.3 Å². The van der Waals surface area contributed by atoms with Gasteiger partial charge in [0.05, 0.1) is 15.6 Å². The second-order valence-electron chi connectivity index (χ2n) is 2.82. The minimum absolute atomic E-state index is 0.00604. The number of nitrogens with two attached hydrogens (primary N) is 1. The first-order valence-corrected chi connectivity index (χ1v) is 4.78. The van der Waals surface area contributed by atoms with Crippen LogP contribution in [0.1, 0.15) is 0 Å². The zero-order valence-electron chi connectivity index (χ0n) is 7.84. The summed E-state index contributed by atoms with van der Waals surface area (Å²) in [5.74, 6) is 4.33. The molecule has 9 heteroatoms. The maximum absolute atomic E-state index is 11.3. The number of amides is 1. The van der Waals surface area contributed by atoms with Crippen molar-refractivity contribution >= 4 is 27.5 Å². The van der Waals surface area contributed by atoms with Crippen LogP contribution in [-0.4, -0.2) is 15.4 Å². The third kappa shape index (κ3) is 2.64. The monoisotopic (exact) mass is 290 g/mol. The molecule has 1 aromatic rings. The Morgan fingerprint density at radius 2 is 2.25 bits per heavy atom. The number of pyridine rings is 1. The molecule has 0 radical (unpaired) electrons. The molecule has 0 aliphatic rings. The van der Waals surface area contributed by atoms with Crippen LogP contribution in [0.25, 0.3) is 0 Å². The Morgan fingerprint density at radius 3 is 2.75 bits per heavy atom. The van der Waals surface area contributed by atoms with E-state index in [1.54, 1.807) is 0 Å². The molecule has 1 rings (SSSR count). The summed E-state index contributed by atoms with van der Waals surface area (Å²) in [6.45, 7) is -0.212. The first-order chi connectivity index (χ1) is 7.45. The van der Waals surface area contributed by atoms with Crippen molar-refractivity contribution in [2.75, 3.05) is 0 Å². The number of hydrogen-bond acceptors (Lipinski definition) is 5. The summed E-state index contributed by atoms with van der Waals surface area (Å²) in [6.07, 6.45) is 2.24. The van der Waals surface area contributed by atoms with Gasteiger partial charge in [-0.25, -0.2) is 5.84 Å². The Labute approximate surface area is 97.3 Å². The number of hydrazine groups is 1. The SMILES string of the molecule is NNC(=O)Cn1cc(Br)c(=O)c([N+](=O)[O-])c1. The van der Waals surface area contributed by atoms with Crippen LogP contribution in [0.4, 0.5) is 5.69 Å². The zero-order valence-corrected chi connectivity index (χ0v) is 9.43. The van der Waals surface area contributed by atoms with E-state index in [0.29, 0.717) is 0 Å². The van der Waals surface area contributed by atoms with Gasteiger partial charge < -0.3 is 4.57 Å². The molecule has 86 valence electrons. The molecule has 0 aliphatic heterocycles. The van der Waals surface area contributed by atoms with E-state index in [0.717, 1.165) is 6.20 Å². The largest absolute Gasteiger partial charge is 0.337 e. The van der Waals surface area contributed by atoms with Gasteiger partial charge in [0.1, 0.15) is 6.54 Å². The maximum atomic E-state index is 11.3. The lowest BCUT2D eigenvalue weighted by Gasteiger charge is -2.05. The van der Waals surface area contributed by atoms with E-state index in [1.807, 2.05) is 5.43 Å². The van der Waals surface area contributed by atoms with Crippen LogP contribution in [0.3, 0.4) is 0 Å². The Morgan fingerprint density at radius 1 is 1.62 bits per heavy atom. The summed E-state index contributed by atoms with van der Waals surface area (Å²) in [7, 11) is 0. The van der Waals surface area contributed by atoms with Crippen molar-refractivity contribution in [1.29, 1.82) is 0 Å². The number of rotatable bonds is 3. The van der Waals surface area contributed by atoms with Crippen molar-refractivity contribution in [3.8, 4) is 0 Å². The average molecular weight is 291 g/mol. The smallest absolute Gasteiger partial charge is 0.333 e. The fraction of sp³-hybridized carbons (Fsp3) is 0.143. The Bertz CT molecular complexity index is 498. The van der Waals surface area contributed by atoms with Crippen molar-refractivity contribution in [1.82, 2.24) is 9.99 Å². The summed E-state index contributed by atoms with van der Waals surface area (Å²) in [6, 6.07) is 0. The fourth-order valence-corrected chi connectivity index (χ4v) is 1.48. The standard InChI is InChI=1S/C7H7BrN4O4/c8-4-1-11(3-6(13)10-9)2-5(7(4)14)12(15)16/h1-2H,3,9H2,(H,10,13). The number of carbonyl (C=O) groups excluding carboxylic acids is 1. The van der Waals surface area contributed by atoms with Gasteiger partial charge in [0, 0.05) is 6.20 Å². The molecule has 1 heterocycles. The molecule has 0 aromatic carbocycles. The van der Waals surface area contributed by atoms with Gasteiger partial charge in [0.2, 0.25) is 0 Å². The highest BCUT2D eigenvalue weighted by Crippen LogP contribution is 2.10. The molecule has 0 atom stereocenters. The number of nitrogens with zero attached hydrogens (tertiary/aromatic N) is 2. The summed E-state index contributed by atoms with van der Waals surface area (Å²) in [4.78, 5) is 31.9. The number of nitro groups is 1. The molecule has 16 heavy (non-hydrogen) atoms. The van der Waals surface area contributed by atoms with Crippen molar-refractivity contribution < 1.29 is 9.72 Å². The molecule has 0 fully saturated rings. The Kier molecular flexibility index (Phi) is 3.74. The quantitative estimate of drug-likeness (QED) is 0.337. The maximum Gasteiger partial charge on any atom is 0.333 e. The molecule has 0 bridgehead atoms. The molecule has 0 spiro atoms. The van der Waals surface area contributed by atoms with E-state index in [1.165, 1.54) is 10.8 Å². The van der Waals surface area contributed by atoms with Crippen LogP contribution in [0, 0.1) is 10.1 Å². The Hall–Kier alpha value is -1.74. The number of hydrogen-bond donors (Lipinski definition) is 2. The van der Waals surface area contributed by atoms with Crippen molar-refractivity contribution in [2.24, 2.45) is 5.84 Å². The van der Waals surface area contributed by atoms with Gasteiger partial charge in [-0.1, -0.05) is 0 Å². The highest BCUT2D eigenvalue weighted by atomic mass is 79.9. The summed E-state index contributed by atoms with van der Waals surface area (Å²) in [5.41, 5.74) is 0.520. The predicted molar refractivity (Wildman–Crippen MR) is 57.4 cm³/mol. The summed E-state index contributed by atoms with van der Waals surface area (Å²) < 4.78 is 1.19. The first kappa shape index (κ1) is 12.3. The third-order valence-corrected chi connectivity index (χ3v) is 2.27. The number of carbonyl (C=O) groups is 1. The highest BCUT2D eigenvalue weighted by Gasteiger charge is 2.16.